The first kappa shape index (κ1) is 15.4. The van der Waals surface area contributed by atoms with Gasteiger partial charge in [0.05, 0.1) is 11.3 Å². The van der Waals surface area contributed by atoms with Gasteiger partial charge in [-0.15, -0.1) is 0 Å². The molecule has 0 heterocycles. The molecule has 3 aromatic rings. The molecule has 1 amide bonds. The van der Waals surface area contributed by atoms with Crippen LogP contribution in [0.1, 0.15) is 22.8 Å². The van der Waals surface area contributed by atoms with E-state index in [-0.39, 0.29) is 5.91 Å². The van der Waals surface area contributed by atoms with Gasteiger partial charge < -0.3 is 0 Å². The summed E-state index contributed by atoms with van der Waals surface area (Å²) in [7, 11) is 0. The quantitative estimate of drug-likeness (QED) is 0.527. The van der Waals surface area contributed by atoms with E-state index in [1.165, 1.54) is 0 Å². The molecule has 114 valence electrons. The molecule has 1 N–H and O–H groups in total. The summed E-state index contributed by atoms with van der Waals surface area (Å²) < 4.78 is 0.746. The molecule has 3 nitrogen and oxygen atoms in total. The molecule has 3 aromatic carbocycles. The van der Waals surface area contributed by atoms with Crippen molar-refractivity contribution < 1.29 is 4.79 Å². The van der Waals surface area contributed by atoms with Crippen molar-refractivity contribution in [3.63, 3.8) is 0 Å². The molecule has 0 atom stereocenters. The Labute approximate surface area is 143 Å². The summed E-state index contributed by atoms with van der Waals surface area (Å²) >= 11 is 3.37. The van der Waals surface area contributed by atoms with Crippen molar-refractivity contribution in [2.24, 2.45) is 5.10 Å². The number of hydrogen-bond donors (Lipinski definition) is 1. The van der Waals surface area contributed by atoms with Crippen LogP contribution in [0.5, 0.6) is 0 Å². The third-order valence-corrected chi connectivity index (χ3v) is 4.31. The Morgan fingerprint density at radius 3 is 2.39 bits per heavy atom. The number of nitrogens with one attached hydrogen (secondary N) is 1. The van der Waals surface area contributed by atoms with Gasteiger partial charge in [-0.2, -0.15) is 5.10 Å². The molecule has 0 bridgehead atoms. The fourth-order valence-electron chi connectivity index (χ4n) is 2.44. The number of hydrazone groups is 1. The third-order valence-electron chi connectivity index (χ3n) is 3.62. The van der Waals surface area contributed by atoms with E-state index < -0.39 is 0 Å². The van der Waals surface area contributed by atoms with Gasteiger partial charge in [-0.05, 0) is 45.8 Å². The molecule has 23 heavy (non-hydrogen) atoms. The van der Waals surface area contributed by atoms with Crippen LogP contribution in [0.3, 0.4) is 0 Å². The summed E-state index contributed by atoms with van der Waals surface area (Å²) in [4.78, 5) is 12.2. The van der Waals surface area contributed by atoms with Crippen LogP contribution in [0.15, 0.2) is 76.3 Å². The zero-order valence-corrected chi connectivity index (χ0v) is 14.2. The lowest BCUT2D eigenvalue weighted by Crippen LogP contribution is -2.19. The smallest absolute Gasteiger partial charge is 0.267 e. The highest BCUT2D eigenvalue weighted by Gasteiger charge is 2.09. The number of amides is 1. The minimum Gasteiger partial charge on any atom is -0.267 e. The average molecular weight is 367 g/mol. The van der Waals surface area contributed by atoms with Crippen molar-refractivity contribution in [2.45, 2.75) is 6.92 Å². The second-order valence-electron chi connectivity index (χ2n) is 5.14. The van der Waals surface area contributed by atoms with Crippen LogP contribution >= 0.6 is 15.9 Å². The summed E-state index contributed by atoms with van der Waals surface area (Å²) in [5.41, 5.74) is 4.95. The van der Waals surface area contributed by atoms with Crippen LogP contribution in [0.4, 0.5) is 0 Å². The lowest BCUT2D eigenvalue weighted by molar-refractivity contribution is 0.0954. The van der Waals surface area contributed by atoms with Crippen molar-refractivity contribution in [1.29, 1.82) is 0 Å². The molecule has 0 aliphatic carbocycles. The maximum absolute atomic E-state index is 12.2. The predicted octanol–water partition coefficient (Wildman–Crippen LogP) is 4.76. The summed E-state index contributed by atoms with van der Waals surface area (Å²) in [5.74, 6) is -0.239. The van der Waals surface area contributed by atoms with E-state index in [9.17, 15) is 4.79 Å². The van der Waals surface area contributed by atoms with Crippen molar-refractivity contribution in [2.75, 3.05) is 0 Å². The van der Waals surface area contributed by atoms with Crippen molar-refractivity contribution in [3.8, 4) is 0 Å². The summed E-state index contributed by atoms with van der Waals surface area (Å²) in [6.45, 7) is 1.89. The van der Waals surface area contributed by atoms with Crippen molar-refractivity contribution >= 4 is 38.3 Å². The van der Waals surface area contributed by atoms with E-state index in [1.807, 2.05) is 49.4 Å². The van der Waals surface area contributed by atoms with Gasteiger partial charge >= 0.3 is 0 Å². The zero-order valence-electron chi connectivity index (χ0n) is 12.6. The fourth-order valence-corrected chi connectivity index (χ4v) is 2.91. The number of fused-ring (bicyclic) bond motifs is 1. The van der Waals surface area contributed by atoms with Crippen molar-refractivity contribution in [3.05, 3.63) is 82.3 Å². The maximum atomic E-state index is 12.2. The van der Waals surface area contributed by atoms with Gasteiger partial charge in [0, 0.05) is 10.0 Å². The second kappa shape index (κ2) is 6.75. The molecule has 0 aromatic heterocycles. The molecular formula is C19H15BrN2O. The second-order valence-corrected chi connectivity index (χ2v) is 6.00. The summed E-state index contributed by atoms with van der Waals surface area (Å²) in [5, 5.41) is 6.52. The summed E-state index contributed by atoms with van der Waals surface area (Å²) in [6.07, 6.45) is 0. The maximum Gasteiger partial charge on any atom is 0.272 e. The van der Waals surface area contributed by atoms with Crippen LogP contribution < -0.4 is 5.43 Å². The molecule has 0 radical (unpaired) electrons. The van der Waals surface area contributed by atoms with Gasteiger partial charge in [0.1, 0.15) is 0 Å². The minimum atomic E-state index is -0.239. The Morgan fingerprint density at radius 1 is 0.913 bits per heavy atom. The average Bonchev–Trinajstić information content (AvgIpc) is 2.59. The Hall–Kier alpha value is -2.46. The Morgan fingerprint density at radius 2 is 1.57 bits per heavy atom. The van der Waals surface area contributed by atoms with Crippen molar-refractivity contribution in [1.82, 2.24) is 5.43 Å². The molecule has 0 spiro atoms. The van der Waals surface area contributed by atoms with Crippen LogP contribution in [0, 0.1) is 0 Å². The molecule has 0 saturated carbocycles. The largest absolute Gasteiger partial charge is 0.272 e. The molecule has 0 unspecified atom stereocenters. The monoisotopic (exact) mass is 366 g/mol. The summed E-state index contributed by atoms with van der Waals surface area (Å²) in [6, 6.07) is 21.5. The van der Waals surface area contributed by atoms with Crippen LogP contribution in [0.25, 0.3) is 10.8 Å². The predicted molar refractivity (Wildman–Crippen MR) is 97.8 cm³/mol. The molecule has 0 aliphatic heterocycles. The van der Waals surface area contributed by atoms with E-state index in [4.69, 9.17) is 0 Å². The highest BCUT2D eigenvalue weighted by atomic mass is 79.9. The Balaban J connectivity index is 1.88. The number of halogens is 1. The molecule has 4 heteroatoms. The Kier molecular flexibility index (Phi) is 4.53. The first-order chi connectivity index (χ1) is 11.2. The number of carbonyl (C=O) groups excluding carboxylic acids is 1. The van der Waals surface area contributed by atoms with Crippen LogP contribution in [0.2, 0.25) is 0 Å². The number of benzene rings is 3. The molecular weight excluding hydrogens is 352 g/mol. The van der Waals surface area contributed by atoms with Gasteiger partial charge in [-0.3, -0.25) is 4.79 Å². The molecule has 0 aliphatic rings. The molecule has 0 saturated heterocycles. The lowest BCUT2D eigenvalue weighted by Gasteiger charge is -2.07. The van der Waals surface area contributed by atoms with E-state index in [0.29, 0.717) is 5.56 Å². The van der Waals surface area contributed by atoms with Gasteiger partial charge in [0.25, 0.3) is 5.91 Å². The van der Waals surface area contributed by atoms with Crippen LogP contribution in [-0.4, -0.2) is 11.6 Å². The van der Waals surface area contributed by atoms with Gasteiger partial charge in [-0.25, -0.2) is 5.43 Å². The van der Waals surface area contributed by atoms with Gasteiger partial charge in [0.15, 0.2) is 0 Å². The number of carbonyl (C=O) groups is 1. The third kappa shape index (κ3) is 3.32. The lowest BCUT2D eigenvalue weighted by atomic mass is 10.0. The highest BCUT2D eigenvalue weighted by Crippen LogP contribution is 2.19. The number of nitrogens with zero attached hydrogens (tertiary/aromatic N) is 1. The zero-order chi connectivity index (χ0) is 16.2. The van der Waals surface area contributed by atoms with E-state index >= 15 is 0 Å². The highest BCUT2D eigenvalue weighted by molar-refractivity contribution is 9.10. The van der Waals surface area contributed by atoms with E-state index in [1.54, 1.807) is 6.07 Å². The number of hydrogen-bond acceptors (Lipinski definition) is 2. The molecule has 3 rings (SSSR count). The fraction of sp³-hybridized carbons (Fsp3) is 0.0526. The van der Waals surface area contributed by atoms with Crippen LogP contribution in [-0.2, 0) is 0 Å². The van der Waals surface area contributed by atoms with Gasteiger partial charge in [-0.1, -0.05) is 54.6 Å². The van der Waals surface area contributed by atoms with E-state index in [2.05, 4.69) is 44.7 Å². The first-order valence-electron chi connectivity index (χ1n) is 7.24. The first-order valence-corrected chi connectivity index (χ1v) is 8.03. The topological polar surface area (TPSA) is 41.5 Å². The molecule has 0 fully saturated rings. The standard InChI is InChI=1S/C19H15BrN2O/c1-13(15-11-6-8-14-7-2-3-9-16(14)15)21-22-19(23)17-10-4-5-12-18(17)20/h2-12H,1H3,(H,22,23)/b21-13-. The normalized spacial score (nSPS) is 11.5. The minimum absolute atomic E-state index is 0.239. The van der Waals surface area contributed by atoms with E-state index in [0.717, 1.165) is 26.5 Å². The SMILES string of the molecule is C/C(=N/NC(=O)c1ccccc1Br)c1cccc2ccccc12. The Bertz CT molecular complexity index is 897. The number of rotatable bonds is 3. The van der Waals surface area contributed by atoms with Gasteiger partial charge in [0.2, 0.25) is 0 Å².